The lowest BCUT2D eigenvalue weighted by Crippen LogP contribution is -2.13. The lowest BCUT2D eigenvalue weighted by Gasteiger charge is -2.07. The average molecular weight is 248 g/mol. The molecule has 0 spiro atoms. The van der Waals surface area contributed by atoms with Gasteiger partial charge in [-0.05, 0) is 30.3 Å². The number of aromatic nitrogens is 1. The number of nitrogens with one attached hydrogen (secondary N) is 1. The van der Waals surface area contributed by atoms with Crippen molar-refractivity contribution in [3.05, 3.63) is 53.3 Å². The van der Waals surface area contributed by atoms with Gasteiger partial charge in [-0.25, -0.2) is 0 Å². The van der Waals surface area contributed by atoms with E-state index in [1.165, 1.54) is 0 Å². The number of amides is 1. The van der Waals surface area contributed by atoms with Gasteiger partial charge in [-0.2, -0.15) is 0 Å². The number of rotatable bonds is 2. The highest BCUT2D eigenvalue weighted by Gasteiger charge is 2.08. The van der Waals surface area contributed by atoms with Crippen LogP contribution in [0.1, 0.15) is 10.5 Å². The van der Waals surface area contributed by atoms with E-state index >= 15 is 0 Å². The summed E-state index contributed by atoms with van der Waals surface area (Å²) in [5.74, 6) is -0.308. The van der Waals surface area contributed by atoms with Gasteiger partial charge in [0.1, 0.15) is 5.69 Å². The topological polar surface area (TPSA) is 68.0 Å². The van der Waals surface area contributed by atoms with Crippen LogP contribution in [0.25, 0.3) is 0 Å². The third-order valence-corrected chi connectivity index (χ3v) is 2.45. The highest BCUT2D eigenvalue weighted by atomic mass is 35.5. The summed E-state index contributed by atoms with van der Waals surface area (Å²) in [6.07, 6.45) is 1.56. The van der Waals surface area contributed by atoms with Gasteiger partial charge in [0.15, 0.2) is 0 Å². The van der Waals surface area contributed by atoms with Crippen LogP contribution in [-0.2, 0) is 0 Å². The first kappa shape index (κ1) is 11.4. The molecule has 2 rings (SSSR count). The van der Waals surface area contributed by atoms with Crippen LogP contribution >= 0.6 is 11.6 Å². The zero-order chi connectivity index (χ0) is 12.3. The molecule has 17 heavy (non-hydrogen) atoms. The number of carbonyl (C=O) groups is 1. The lowest BCUT2D eigenvalue weighted by atomic mass is 10.2. The van der Waals surface area contributed by atoms with Gasteiger partial charge in [0, 0.05) is 11.9 Å². The molecule has 5 heteroatoms. The molecule has 0 bridgehead atoms. The molecule has 0 fully saturated rings. The van der Waals surface area contributed by atoms with Crippen LogP contribution in [0.2, 0.25) is 5.02 Å². The van der Waals surface area contributed by atoms with Gasteiger partial charge in [-0.15, -0.1) is 0 Å². The van der Waals surface area contributed by atoms with Crippen LogP contribution in [0.5, 0.6) is 0 Å². The number of halogens is 1. The number of nitrogen functional groups attached to an aromatic ring is 1. The number of carbonyl (C=O) groups excluding carboxylic acids is 1. The van der Waals surface area contributed by atoms with E-state index in [-0.39, 0.29) is 5.91 Å². The highest BCUT2D eigenvalue weighted by Crippen LogP contribution is 2.24. The van der Waals surface area contributed by atoms with Gasteiger partial charge >= 0.3 is 0 Å². The number of hydrogen-bond donors (Lipinski definition) is 2. The first-order chi connectivity index (χ1) is 8.16. The average Bonchev–Trinajstić information content (AvgIpc) is 2.34. The number of pyridine rings is 1. The predicted octanol–water partition coefficient (Wildman–Crippen LogP) is 2.57. The van der Waals surface area contributed by atoms with E-state index in [9.17, 15) is 4.79 Å². The fourth-order valence-electron chi connectivity index (χ4n) is 1.32. The molecule has 0 aliphatic rings. The molecular formula is C12H10ClN3O. The van der Waals surface area contributed by atoms with Crippen LogP contribution in [0, 0.1) is 0 Å². The number of anilines is 2. The number of nitrogens with zero attached hydrogens (tertiary/aromatic N) is 1. The van der Waals surface area contributed by atoms with Crippen LogP contribution in [-0.4, -0.2) is 10.9 Å². The van der Waals surface area contributed by atoms with Gasteiger partial charge < -0.3 is 11.1 Å². The van der Waals surface area contributed by atoms with Crippen molar-refractivity contribution in [1.82, 2.24) is 4.98 Å². The number of benzene rings is 1. The van der Waals surface area contributed by atoms with Crippen molar-refractivity contribution in [2.45, 2.75) is 0 Å². The van der Waals surface area contributed by atoms with E-state index in [2.05, 4.69) is 10.3 Å². The van der Waals surface area contributed by atoms with Gasteiger partial charge in [-0.3, -0.25) is 9.78 Å². The number of hydrogen-bond acceptors (Lipinski definition) is 3. The summed E-state index contributed by atoms with van der Waals surface area (Å²) in [4.78, 5) is 15.7. The maximum atomic E-state index is 11.8. The first-order valence-corrected chi connectivity index (χ1v) is 5.32. The predicted molar refractivity (Wildman–Crippen MR) is 68.1 cm³/mol. The Morgan fingerprint density at radius 1 is 1.29 bits per heavy atom. The molecule has 0 unspecified atom stereocenters. The van der Waals surface area contributed by atoms with Crippen molar-refractivity contribution in [3.8, 4) is 0 Å². The van der Waals surface area contributed by atoms with Gasteiger partial charge in [-0.1, -0.05) is 17.7 Å². The second kappa shape index (κ2) is 4.84. The Morgan fingerprint density at radius 2 is 2.12 bits per heavy atom. The van der Waals surface area contributed by atoms with Crippen LogP contribution in [0.3, 0.4) is 0 Å². The van der Waals surface area contributed by atoms with Gasteiger partial charge in [0.2, 0.25) is 0 Å². The molecular weight excluding hydrogens is 238 g/mol. The minimum atomic E-state index is -0.308. The van der Waals surface area contributed by atoms with Crippen molar-refractivity contribution < 1.29 is 4.79 Å². The first-order valence-electron chi connectivity index (χ1n) is 4.94. The highest BCUT2D eigenvalue weighted by molar-refractivity contribution is 6.34. The molecule has 86 valence electrons. The summed E-state index contributed by atoms with van der Waals surface area (Å²) in [6.45, 7) is 0. The zero-order valence-corrected chi connectivity index (χ0v) is 9.61. The zero-order valence-electron chi connectivity index (χ0n) is 8.85. The Balaban J connectivity index is 2.19. The molecule has 0 saturated carbocycles. The van der Waals surface area contributed by atoms with Gasteiger partial charge in [0.25, 0.3) is 5.91 Å². The van der Waals surface area contributed by atoms with E-state index in [4.69, 9.17) is 17.3 Å². The van der Waals surface area contributed by atoms with E-state index < -0.39 is 0 Å². The second-order valence-corrected chi connectivity index (χ2v) is 3.82. The molecule has 1 aromatic carbocycles. The molecule has 1 aromatic heterocycles. The summed E-state index contributed by atoms with van der Waals surface area (Å²) in [6, 6.07) is 10.0. The maximum Gasteiger partial charge on any atom is 0.274 e. The Morgan fingerprint density at radius 3 is 2.76 bits per heavy atom. The molecule has 0 aliphatic carbocycles. The van der Waals surface area contributed by atoms with Crippen molar-refractivity contribution in [2.75, 3.05) is 11.1 Å². The van der Waals surface area contributed by atoms with Crippen molar-refractivity contribution in [1.29, 1.82) is 0 Å². The lowest BCUT2D eigenvalue weighted by molar-refractivity contribution is 0.102. The minimum Gasteiger partial charge on any atom is -0.399 e. The minimum absolute atomic E-state index is 0.308. The van der Waals surface area contributed by atoms with E-state index in [1.54, 1.807) is 42.6 Å². The summed E-state index contributed by atoms with van der Waals surface area (Å²) in [5.41, 5.74) is 6.95. The molecule has 4 nitrogen and oxygen atoms in total. The Hall–Kier alpha value is -2.07. The van der Waals surface area contributed by atoms with E-state index in [0.29, 0.717) is 22.1 Å². The normalized spacial score (nSPS) is 9.94. The number of nitrogens with two attached hydrogens (primary N) is 1. The Kier molecular flexibility index (Phi) is 3.25. The fraction of sp³-hybridized carbons (Fsp3) is 0. The van der Waals surface area contributed by atoms with Gasteiger partial charge in [0.05, 0.1) is 10.7 Å². The molecule has 0 atom stereocenters. The van der Waals surface area contributed by atoms with Crippen molar-refractivity contribution in [3.63, 3.8) is 0 Å². The van der Waals surface area contributed by atoms with E-state index in [0.717, 1.165) is 0 Å². The van der Waals surface area contributed by atoms with Crippen LogP contribution < -0.4 is 11.1 Å². The molecule has 0 saturated heterocycles. The smallest absolute Gasteiger partial charge is 0.274 e. The quantitative estimate of drug-likeness (QED) is 0.802. The molecule has 1 amide bonds. The maximum absolute atomic E-state index is 11.8. The summed E-state index contributed by atoms with van der Waals surface area (Å²) in [7, 11) is 0. The van der Waals surface area contributed by atoms with Crippen molar-refractivity contribution in [2.24, 2.45) is 0 Å². The third kappa shape index (κ3) is 2.73. The summed E-state index contributed by atoms with van der Waals surface area (Å²) >= 11 is 5.95. The Labute approximate surface area is 103 Å². The SMILES string of the molecule is Nc1ccc(NC(=O)c2ccccn2)c(Cl)c1. The molecule has 0 radical (unpaired) electrons. The third-order valence-electron chi connectivity index (χ3n) is 2.14. The molecule has 1 heterocycles. The molecule has 0 aliphatic heterocycles. The second-order valence-electron chi connectivity index (χ2n) is 3.41. The van der Waals surface area contributed by atoms with Crippen LogP contribution in [0.15, 0.2) is 42.6 Å². The molecule has 3 N–H and O–H groups in total. The standard InChI is InChI=1S/C12H10ClN3O/c13-9-7-8(14)4-5-10(9)16-12(17)11-3-1-2-6-15-11/h1-7H,14H2,(H,16,17). The summed E-state index contributed by atoms with van der Waals surface area (Å²) < 4.78 is 0. The van der Waals surface area contributed by atoms with Crippen LogP contribution in [0.4, 0.5) is 11.4 Å². The van der Waals surface area contributed by atoms with Crippen molar-refractivity contribution >= 4 is 28.9 Å². The Bertz CT molecular complexity index is 543. The largest absolute Gasteiger partial charge is 0.399 e. The van der Waals surface area contributed by atoms with E-state index in [1.807, 2.05) is 0 Å². The fourth-order valence-corrected chi connectivity index (χ4v) is 1.55. The summed E-state index contributed by atoms with van der Waals surface area (Å²) in [5, 5.41) is 3.06. The molecule has 2 aromatic rings. The monoisotopic (exact) mass is 247 g/mol.